The van der Waals surface area contributed by atoms with Crippen molar-refractivity contribution in [2.24, 2.45) is 0 Å². The number of rotatable bonds is 8. The van der Waals surface area contributed by atoms with E-state index in [1.807, 2.05) is 12.1 Å². The summed E-state index contributed by atoms with van der Waals surface area (Å²) in [6.45, 7) is 5.25. The Kier molecular flexibility index (Phi) is 7.73. The van der Waals surface area contributed by atoms with E-state index in [4.69, 9.17) is 0 Å². The summed E-state index contributed by atoms with van der Waals surface area (Å²) < 4.78 is 0. The molecule has 0 spiro atoms. The zero-order valence-electron chi connectivity index (χ0n) is 19.0. The van der Waals surface area contributed by atoms with E-state index in [1.54, 1.807) is 0 Å². The molecule has 1 fully saturated rings. The Balaban J connectivity index is 1.26. The van der Waals surface area contributed by atoms with E-state index in [1.165, 1.54) is 16.7 Å². The lowest BCUT2D eigenvalue weighted by atomic mass is 9.88. The minimum Gasteiger partial charge on any atom is -0.353 e. The number of piperidine rings is 1. The van der Waals surface area contributed by atoms with E-state index in [0.29, 0.717) is 18.4 Å². The summed E-state index contributed by atoms with van der Waals surface area (Å²) in [5.41, 5.74) is 5.08. The quantitative estimate of drug-likeness (QED) is 0.527. The van der Waals surface area contributed by atoms with Gasteiger partial charge in [-0.05, 0) is 49.4 Å². The molecule has 166 valence electrons. The highest BCUT2D eigenvalue weighted by Crippen LogP contribution is 2.28. The van der Waals surface area contributed by atoms with Crippen LogP contribution in [0.15, 0.2) is 84.9 Å². The maximum atomic E-state index is 12.5. The average Bonchev–Trinajstić information content (AvgIpc) is 2.83. The fourth-order valence-electron chi connectivity index (χ4n) is 4.68. The van der Waals surface area contributed by atoms with E-state index < -0.39 is 0 Å². The summed E-state index contributed by atoms with van der Waals surface area (Å²) in [5.74, 6) is 0.560. The minimum absolute atomic E-state index is 0.139. The van der Waals surface area contributed by atoms with Gasteiger partial charge in [0.2, 0.25) is 5.91 Å². The number of hydrogen-bond acceptors (Lipinski definition) is 2. The lowest BCUT2D eigenvalue weighted by molar-refractivity contribution is -0.121. The zero-order chi connectivity index (χ0) is 22.2. The first-order chi connectivity index (χ1) is 15.7. The van der Waals surface area contributed by atoms with E-state index in [9.17, 15) is 4.79 Å². The molecule has 1 heterocycles. The van der Waals surface area contributed by atoms with Crippen molar-refractivity contribution in [3.8, 4) is 0 Å². The second-order valence-electron chi connectivity index (χ2n) is 9.01. The summed E-state index contributed by atoms with van der Waals surface area (Å²) in [6.07, 6.45) is 3.64. The van der Waals surface area contributed by atoms with E-state index in [-0.39, 0.29) is 5.91 Å². The molecule has 3 aromatic rings. The fraction of sp³-hybridized carbons (Fsp3) is 0.345. The van der Waals surface area contributed by atoms with Gasteiger partial charge in [0.05, 0.1) is 6.42 Å². The normalized spacial score (nSPS) is 15.1. The lowest BCUT2D eigenvalue weighted by Gasteiger charge is -2.33. The van der Waals surface area contributed by atoms with Gasteiger partial charge in [-0.1, -0.05) is 90.5 Å². The van der Waals surface area contributed by atoms with Crippen LogP contribution in [0.25, 0.3) is 0 Å². The van der Waals surface area contributed by atoms with Crippen LogP contribution in [-0.2, 0) is 11.2 Å². The molecule has 0 saturated carbocycles. The Hall–Kier alpha value is -2.91. The van der Waals surface area contributed by atoms with E-state index in [0.717, 1.165) is 44.5 Å². The van der Waals surface area contributed by atoms with Crippen molar-refractivity contribution in [3.63, 3.8) is 0 Å². The fourth-order valence-corrected chi connectivity index (χ4v) is 4.68. The molecule has 3 aromatic carbocycles. The zero-order valence-corrected chi connectivity index (χ0v) is 19.0. The number of amides is 1. The van der Waals surface area contributed by atoms with Gasteiger partial charge in [-0.3, -0.25) is 4.79 Å². The Labute approximate surface area is 192 Å². The molecule has 4 rings (SSSR count). The van der Waals surface area contributed by atoms with Crippen molar-refractivity contribution in [2.75, 3.05) is 19.6 Å². The van der Waals surface area contributed by atoms with Gasteiger partial charge in [0, 0.05) is 25.0 Å². The van der Waals surface area contributed by atoms with Crippen LogP contribution >= 0.6 is 0 Å². The monoisotopic (exact) mass is 426 g/mol. The summed E-state index contributed by atoms with van der Waals surface area (Å²) in [5, 5.41) is 3.25. The summed E-state index contributed by atoms with van der Waals surface area (Å²) >= 11 is 0. The topological polar surface area (TPSA) is 32.3 Å². The third-order valence-corrected chi connectivity index (χ3v) is 6.58. The Morgan fingerprint density at radius 2 is 1.44 bits per heavy atom. The van der Waals surface area contributed by atoms with Crippen LogP contribution in [0, 0.1) is 6.92 Å². The molecule has 3 heteroatoms. The van der Waals surface area contributed by atoms with Crippen LogP contribution in [0.1, 0.15) is 47.4 Å². The lowest BCUT2D eigenvalue weighted by Crippen LogP contribution is -2.45. The molecule has 1 aliphatic heterocycles. The first-order valence-electron chi connectivity index (χ1n) is 11.8. The summed E-state index contributed by atoms with van der Waals surface area (Å²) in [4.78, 5) is 15.0. The molecule has 1 saturated heterocycles. The molecule has 0 aromatic heterocycles. The van der Waals surface area contributed by atoms with Crippen LogP contribution in [-0.4, -0.2) is 36.5 Å². The highest BCUT2D eigenvalue weighted by Gasteiger charge is 2.22. The number of nitrogens with one attached hydrogen (secondary N) is 1. The van der Waals surface area contributed by atoms with Crippen molar-refractivity contribution in [1.82, 2.24) is 10.2 Å². The Morgan fingerprint density at radius 3 is 2.00 bits per heavy atom. The van der Waals surface area contributed by atoms with Crippen molar-refractivity contribution in [2.45, 2.75) is 44.6 Å². The molecule has 0 bridgehead atoms. The van der Waals surface area contributed by atoms with Crippen molar-refractivity contribution >= 4 is 5.91 Å². The van der Waals surface area contributed by atoms with Crippen LogP contribution in [0.2, 0.25) is 0 Å². The minimum atomic E-state index is 0.139. The van der Waals surface area contributed by atoms with Gasteiger partial charge in [0.25, 0.3) is 0 Å². The summed E-state index contributed by atoms with van der Waals surface area (Å²) in [6, 6.07) is 30.2. The molecule has 1 N–H and O–H groups in total. The highest BCUT2D eigenvalue weighted by atomic mass is 16.1. The van der Waals surface area contributed by atoms with E-state index in [2.05, 4.69) is 89.9 Å². The molecule has 1 amide bonds. The number of hydrogen-bond donors (Lipinski definition) is 1. The largest absolute Gasteiger partial charge is 0.353 e. The van der Waals surface area contributed by atoms with Gasteiger partial charge in [-0.15, -0.1) is 0 Å². The molecule has 32 heavy (non-hydrogen) atoms. The second-order valence-corrected chi connectivity index (χ2v) is 9.01. The summed E-state index contributed by atoms with van der Waals surface area (Å²) in [7, 11) is 0. The molecule has 3 nitrogen and oxygen atoms in total. The van der Waals surface area contributed by atoms with Gasteiger partial charge < -0.3 is 10.2 Å². The molecule has 1 aliphatic rings. The standard InChI is InChI=1S/C29H34N2O/c1-23-12-14-24(15-13-23)22-29(32)30-27-16-19-31(20-17-27)21-18-28(25-8-4-2-5-9-25)26-10-6-3-7-11-26/h2-15,27-28H,16-22H2,1H3,(H,30,32). The predicted octanol–water partition coefficient (Wildman–Crippen LogP) is 5.34. The second kappa shape index (κ2) is 11.1. The molecular formula is C29H34N2O. The third kappa shape index (κ3) is 6.30. The van der Waals surface area contributed by atoms with Crippen molar-refractivity contribution in [1.29, 1.82) is 0 Å². The smallest absolute Gasteiger partial charge is 0.224 e. The van der Waals surface area contributed by atoms with Crippen molar-refractivity contribution < 1.29 is 4.79 Å². The molecule has 0 aliphatic carbocycles. The third-order valence-electron chi connectivity index (χ3n) is 6.58. The maximum Gasteiger partial charge on any atom is 0.224 e. The number of carbonyl (C=O) groups excluding carboxylic acids is 1. The van der Waals surface area contributed by atoms with Gasteiger partial charge in [-0.25, -0.2) is 0 Å². The highest BCUT2D eigenvalue weighted by molar-refractivity contribution is 5.78. The van der Waals surface area contributed by atoms with Gasteiger partial charge >= 0.3 is 0 Å². The van der Waals surface area contributed by atoms with Crippen LogP contribution < -0.4 is 5.32 Å². The predicted molar refractivity (Wildman–Crippen MR) is 132 cm³/mol. The van der Waals surface area contributed by atoms with Gasteiger partial charge in [0.1, 0.15) is 0 Å². The average molecular weight is 427 g/mol. The Morgan fingerprint density at radius 1 is 0.875 bits per heavy atom. The number of likely N-dealkylation sites (tertiary alicyclic amines) is 1. The molecule has 0 unspecified atom stereocenters. The van der Waals surface area contributed by atoms with E-state index >= 15 is 0 Å². The molecule has 0 atom stereocenters. The van der Waals surface area contributed by atoms with Crippen LogP contribution in [0.3, 0.4) is 0 Å². The van der Waals surface area contributed by atoms with Crippen molar-refractivity contribution in [3.05, 3.63) is 107 Å². The van der Waals surface area contributed by atoms with Crippen LogP contribution in [0.4, 0.5) is 0 Å². The van der Waals surface area contributed by atoms with Gasteiger partial charge in [0.15, 0.2) is 0 Å². The first-order valence-corrected chi connectivity index (χ1v) is 11.8. The molecular weight excluding hydrogens is 392 g/mol. The molecule has 0 radical (unpaired) electrons. The maximum absolute atomic E-state index is 12.5. The number of carbonyl (C=O) groups is 1. The Bertz CT molecular complexity index is 922. The first kappa shape index (κ1) is 22.3. The van der Waals surface area contributed by atoms with Gasteiger partial charge in [-0.2, -0.15) is 0 Å². The number of nitrogens with zero attached hydrogens (tertiary/aromatic N) is 1. The number of aryl methyl sites for hydroxylation is 1. The number of benzene rings is 3. The van der Waals surface area contributed by atoms with Crippen LogP contribution in [0.5, 0.6) is 0 Å². The SMILES string of the molecule is Cc1ccc(CC(=O)NC2CCN(CCC(c3ccccc3)c3ccccc3)CC2)cc1.